The third-order valence-electron chi connectivity index (χ3n) is 4.26. The number of pyridine rings is 1. The highest BCUT2D eigenvalue weighted by atomic mass is 16.5. The van der Waals surface area contributed by atoms with Gasteiger partial charge in [0.1, 0.15) is 0 Å². The maximum absolute atomic E-state index is 12.4. The van der Waals surface area contributed by atoms with Gasteiger partial charge in [-0.2, -0.15) is 0 Å². The number of ether oxygens (including phenoxy) is 2. The van der Waals surface area contributed by atoms with Gasteiger partial charge in [-0.15, -0.1) is 0 Å². The van der Waals surface area contributed by atoms with Gasteiger partial charge in [0.15, 0.2) is 0 Å². The van der Waals surface area contributed by atoms with Crippen LogP contribution in [-0.2, 0) is 27.3 Å². The van der Waals surface area contributed by atoms with E-state index in [4.69, 9.17) is 9.47 Å². The maximum Gasteiger partial charge on any atom is 0.223 e. The van der Waals surface area contributed by atoms with Crippen molar-refractivity contribution >= 4 is 5.91 Å². The summed E-state index contributed by atoms with van der Waals surface area (Å²) in [4.78, 5) is 18.4. The van der Waals surface area contributed by atoms with Crippen LogP contribution in [0.15, 0.2) is 54.9 Å². The number of benzene rings is 1. The lowest BCUT2D eigenvalue weighted by atomic mass is 10.1. The van der Waals surface area contributed by atoms with Crippen molar-refractivity contribution in [2.75, 3.05) is 26.3 Å². The number of nitrogens with zero attached hydrogens (tertiary/aromatic N) is 2. The number of hydrogen-bond donors (Lipinski definition) is 0. The van der Waals surface area contributed by atoms with Gasteiger partial charge < -0.3 is 14.4 Å². The summed E-state index contributed by atoms with van der Waals surface area (Å²) in [5.41, 5.74) is 2.23. The first-order valence-corrected chi connectivity index (χ1v) is 8.71. The SMILES string of the molecule is O=C(CCc1cccnc1)N1CCOC(COCc2ccccc2)C1. The molecule has 25 heavy (non-hydrogen) atoms. The van der Waals surface area contributed by atoms with E-state index >= 15 is 0 Å². The minimum absolute atomic E-state index is 0.0557. The van der Waals surface area contributed by atoms with Crippen molar-refractivity contribution in [3.8, 4) is 0 Å². The van der Waals surface area contributed by atoms with Gasteiger partial charge >= 0.3 is 0 Å². The molecule has 1 aromatic heterocycles. The number of carbonyl (C=O) groups excluding carboxylic acids is 1. The predicted molar refractivity (Wildman–Crippen MR) is 95.0 cm³/mol. The number of hydrogen-bond acceptors (Lipinski definition) is 4. The zero-order chi connectivity index (χ0) is 17.3. The molecule has 1 amide bonds. The lowest BCUT2D eigenvalue weighted by Gasteiger charge is -2.33. The van der Waals surface area contributed by atoms with Crippen LogP contribution in [0.25, 0.3) is 0 Å². The van der Waals surface area contributed by atoms with Crippen molar-refractivity contribution in [3.63, 3.8) is 0 Å². The van der Waals surface area contributed by atoms with Crippen LogP contribution in [0.5, 0.6) is 0 Å². The molecule has 0 N–H and O–H groups in total. The maximum atomic E-state index is 12.4. The second-order valence-corrected chi connectivity index (χ2v) is 6.19. The Morgan fingerprint density at radius 2 is 2.04 bits per heavy atom. The van der Waals surface area contributed by atoms with Crippen LogP contribution in [0, 0.1) is 0 Å². The third-order valence-corrected chi connectivity index (χ3v) is 4.26. The molecule has 1 atom stereocenters. The molecule has 0 bridgehead atoms. The van der Waals surface area contributed by atoms with Crippen molar-refractivity contribution in [1.29, 1.82) is 0 Å². The zero-order valence-corrected chi connectivity index (χ0v) is 14.3. The molecule has 1 unspecified atom stereocenters. The molecule has 0 aliphatic carbocycles. The Kier molecular flexibility index (Phi) is 6.54. The standard InChI is InChI=1S/C20H24N2O3/c23-20(9-8-17-7-4-10-21-13-17)22-11-12-25-19(14-22)16-24-15-18-5-2-1-3-6-18/h1-7,10,13,19H,8-9,11-12,14-16H2. The number of carbonyl (C=O) groups is 1. The van der Waals surface area contributed by atoms with Crippen LogP contribution in [-0.4, -0.2) is 48.2 Å². The second-order valence-electron chi connectivity index (χ2n) is 6.19. The van der Waals surface area contributed by atoms with Crippen molar-refractivity contribution in [2.24, 2.45) is 0 Å². The van der Waals surface area contributed by atoms with E-state index in [0.717, 1.165) is 17.5 Å². The summed E-state index contributed by atoms with van der Waals surface area (Å²) in [5, 5.41) is 0. The number of aryl methyl sites for hydroxylation is 1. The summed E-state index contributed by atoms with van der Waals surface area (Å²) in [7, 11) is 0. The van der Waals surface area contributed by atoms with E-state index in [-0.39, 0.29) is 12.0 Å². The van der Waals surface area contributed by atoms with Crippen molar-refractivity contribution < 1.29 is 14.3 Å². The lowest BCUT2D eigenvalue weighted by Crippen LogP contribution is -2.47. The molecule has 2 aromatic rings. The van der Waals surface area contributed by atoms with Crippen LogP contribution in [0.3, 0.4) is 0 Å². The summed E-state index contributed by atoms with van der Waals surface area (Å²) >= 11 is 0. The minimum atomic E-state index is -0.0557. The highest BCUT2D eigenvalue weighted by Gasteiger charge is 2.24. The van der Waals surface area contributed by atoms with Gasteiger partial charge in [-0.1, -0.05) is 36.4 Å². The third kappa shape index (κ3) is 5.66. The van der Waals surface area contributed by atoms with Crippen LogP contribution in [0.2, 0.25) is 0 Å². The molecule has 1 aliphatic heterocycles. The largest absolute Gasteiger partial charge is 0.374 e. The molecule has 0 saturated carbocycles. The molecule has 3 rings (SSSR count). The fourth-order valence-corrected chi connectivity index (χ4v) is 2.88. The Labute approximate surface area is 148 Å². The van der Waals surface area contributed by atoms with E-state index in [1.165, 1.54) is 0 Å². The van der Waals surface area contributed by atoms with Gasteiger partial charge in [0, 0.05) is 31.9 Å². The Balaban J connectivity index is 1.40. The summed E-state index contributed by atoms with van der Waals surface area (Å²) in [6.45, 7) is 2.89. The van der Waals surface area contributed by atoms with Gasteiger partial charge in [-0.05, 0) is 23.6 Å². The van der Waals surface area contributed by atoms with E-state index in [0.29, 0.717) is 39.3 Å². The highest BCUT2D eigenvalue weighted by molar-refractivity contribution is 5.76. The average Bonchev–Trinajstić information content (AvgIpc) is 2.68. The van der Waals surface area contributed by atoms with Crippen LogP contribution in [0.4, 0.5) is 0 Å². The quantitative estimate of drug-likeness (QED) is 0.777. The molecule has 0 radical (unpaired) electrons. The van der Waals surface area contributed by atoms with E-state index in [1.54, 1.807) is 6.20 Å². The van der Waals surface area contributed by atoms with Gasteiger partial charge in [0.2, 0.25) is 5.91 Å². The molecule has 1 aliphatic rings. The number of aromatic nitrogens is 1. The fraction of sp³-hybridized carbons (Fsp3) is 0.400. The fourth-order valence-electron chi connectivity index (χ4n) is 2.88. The van der Waals surface area contributed by atoms with Gasteiger partial charge in [0.05, 0.1) is 25.9 Å². The Morgan fingerprint density at radius 3 is 2.84 bits per heavy atom. The smallest absolute Gasteiger partial charge is 0.223 e. The first-order valence-electron chi connectivity index (χ1n) is 8.71. The van der Waals surface area contributed by atoms with Gasteiger partial charge in [-0.25, -0.2) is 0 Å². The van der Waals surface area contributed by atoms with Crippen LogP contribution < -0.4 is 0 Å². The summed E-state index contributed by atoms with van der Waals surface area (Å²) in [5.74, 6) is 0.167. The summed E-state index contributed by atoms with van der Waals surface area (Å²) in [6.07, 6.45) is 4.72. The first kappa shape index (κ1) is 17.6. The number of amides is 1. The molecule has 5 nitrogen and oxygen atoms in total. The van der Waals surface area contributed by atoms with E-state index in [2.05, 4.69) is 4.98 Å². The number of rotatable bonds is 7. The van der Waals surface area contributed by atoms with Crippen molar-refractivity contribution in [2.45, 2.75) is 25.6 Å². The normalized spacial score (nSPS) is 17.4. The molecular formula is C20H24N2O3. The van der Waals surface area contributed by atoms with E-state index in [1.807, 2.05) is 53.6 Å². The molecular weight excluding hydrogens is 316 g/mol. The van der Waals surface area contributed by atoms with E-state index < -0.39 is 0 Å². The number of morpholine rings is 1. The first-order chi connectivity index (χ1) is 12.3. The second kappa shape index (κ2) is 9.30. The predicted octanol–water partition coefficient (Wildman–Crippen LogP) is 2.46. The summed E-state index contributed by atoms with van der Waals surface area (Å²) < 4.78 is 11.5. The molecule has 2 heterocycles. The molecule has 1 saturated heterocycles. The Hall–Kier alpha value is -2.24. The van der Waals surface area contributed by atoms with Gasteiger partial charge in [-0.3, -0.25) is 9.78 Å². The Morgan fingerprint density at radius 1 is 1.20 bits per heavy atom. The van der Waals surface area contributed by atoms with Crippen LogP contribution in [0.1, 0.15) is 17.5 Å². The highest BCUT2D eigenvalue weighted by Crippen LogP contribution is 2.10. The summed E-state index contributed by atoms with van der Waals surface area (Å²) in [6, 6.07) is 14.0. The van der Waals surface area contributed by atoms with Gasteiger partial charge in [0.25, 0.3) is 0 Å². The monoisotopic (exact) mass is 340 g/mol. The van der Waals surface area contributed by atoms with Crippen LogP contribution >= 0.6 is 0 Å². The van der Waals surface area contributed by atoms with Crippen molar-refractivity contribution in [1.82, 2.24) is 9.88 Å². The van der Waals surface area contributed by atoms with Crippen molar-refractivity contribution in [3.05, 3.63) is 66.0 Å². The Bertz CT molecular complexity index is 649. The molecule has 1 aromatic carbocycles. The zero-order valence-electron chi connectivity index (χ0n) is 14.3. The molecule has 0 spiro atoms. The molecule has 132 valence electrons. The average molecular weight is 340 g/mol. The molecule has 5 heteroatoms. The lowest BCUT2D eigenvalue weighted by molar-refractivity contribution is -0.141. The minimum Gasteiger partial charge on any atom is -0.374 e. The van der Waals surface area contributed by atoms with E-state index in [9.17, 15) is 4.79 Å². The topological polar surface area (TPSA) is 51.7 Å². The molecule has 1 fully saturated rings.